The van der Waals surface area contributed by atoms with Crippen molar-refractivity contribution in [1.29, 1.82) is 0 Å². The summed E-state index contributed by atoms with van der Waals surface area (Å²) in [6, 6.07) is 10.9. The van der Waals surface area contributed by atoms with Gasteiger partial charge in [-0.3, -0.25) is 4.79 Å². The maximum Gasteiger partial charge on any atom is 0.255 e. The average Bonchev–Trinajstić information content (AvgIpc) is 3.24. The molecule has 6 heteroatoms. The number of nitrogens with one attached hydrogen (secondary N) is 1. The lowest BCUT2D eigenvalue weighted by atomic mass is 9.90. The second-order valence-corrected chi connectivity index (χ2v) is 9.63. The molecule has 0 atom stereocenters. The van der Waals surface area contributed by atoms with Gasteiger partial charge in [0.1, 0.15) is 0 Å². The van der Waals surface area contributed by atoms with Crippen LogP contribution in [-0.2, 0) is 22.9 Å². The minimum atomic E-state index is -3.55. The molecule has 1 N–H and O–H groups in total. The number of rotatable bonds is 4. The topological polar surface area (TPSA) is 66.5 Å². The highest BCUT2D eigenvalue weighted by Crippen LogP contribution is 2.29. The van der Waals surface area contributed by atoms with Crippen LogP contribution >= 0.6 is 0 Å². The Morgan fingerprint density at radius 3 is 2.54 bits per heavy atom. The number of hydrogen-bond donors (Lipinski definition) is 1. The molecule has 2 aliphatic rings. The number of fused-ring (bicyclic) bond motifs is 1. The Kier molecular flexibility index (Phi) is 5.25. The van der Waals surface area contributed by atoms with Crippen molar-refractivity contribution in [3.8, 4) is 0 Å². The molecule has 5 nitrogen and oxygen atoms in total. The summed E-state index contributed by atoms with van der Waals surface area (Å²) < 4.78 is 27.2. The molecule has 1 amide bonds. The van der Waals surface area contributed by atoms with Gasteiger partial charge in [0.05, 0.1) is 4.90 Å². The summed E-state index contributed by atoms with van der Waals surface area (Å²) >= 11 is 0. The molecule has 0 aromatic heterocycles. The fourth-order valence-corrected chi connectivity index (χ4v) is 5.72. The van der Waals surface area contributed by atoms with E-state index in [1.165, 1.54) is 27.9 Å². The minimum absolute atomic E-state index is 0.195. The summed E-state index contributed by atoms with van der Waals surface area (Å²) in [4.78, 5) is 13.2. The maximum absolute atomic E-state index is 13.0. The number of hydrogen-bond acceptors (Lipinski definition) is 3. The summed E-state index contributed by atoms with van der Waals surface area (Å²) in [7, 11) is -3.55. The average molecular weight is 399 g/mol. The molecule has 28 heavy (non-hydrogen) atoms. The monoisotopic (exact) mass is 398 g/mol. The molecule has 1 aliphatic carbocycles. The van der Waals surface area contributed by atoms with Crippen LogP contribution in [0, 0.1) is 6.92 Å². The minimum Gasteiger partial charge on any atom is -0.322 e. The van der Waals surface area contributed by atoms with Crippen molar-refractivity contribution >= 4 is 21.6 Å². The van der Waals surface area contributed by atoms with Gasteiger partial charge in [-0.05, 0) is 80.3 Å². The smallest absolute Gasteiger partial charge is 0.255 e. The number of carbonyl (C=O) groups is 1. The van der Waals surface area contributed by atoms with Crippen LogP contribution in [0.4, 0.5) is 5.69 Å². The van der Waals surface area contributed by atoms with Gasteiger partial charge in [0.2, 0.25) is 10.0 Å². The van der Waals surface area contributed by atoms with Crippen LogP contribution in [0.15, 0.2) is 41.3 Å². The van der Waals surface area contributed by atoms with E-state index in [1.807, 2.05) is 19.1 Å². The normalized spacial score (nSPS) is 17.3. The molecule has 0 radical (unpaired) electrons. The van der Waals surface area contributed by atoms with Crippen molar-refractivity contribution in [3.63, 3.8) is 0 Å². The molecule has 0 spiro atoms. The highest BCUT2D eigenvalue weighted by atomic mass is 32.2. The summed E-state index contributed by atoms with van der Waals surface area (Å²) in [6.45, 7) is 2.93. The second-order valence-electron chi connectivity index (χ2n) is 7.69. The highest BCUT2D eigenvalue weighted by molar-refractivity contribution is 7.89. The number of nitrogens with zero attached hydrogens (tertiary/aromatic N) is 1. The number of sulfonamides is 1. The van der Waals surface area contributed by atoms with Gasteiger partial charge in [0.25, 0.3) is 5.91 Å². The largest absolute Gasteiger partial charge is 0.322 e. The fourth-order valence-electron chi connectivity index (χ4n) is 4.17. The lowest BCUT2D eigenvalue weighted by Gasteiger charge is -2.20. The molecule has 148 valence electrons. The Morgan fingerprint density at radius 1 is 1.00 bits per heavy atom. The van der Waals surface area contributed by atoms with Crippen molar-refractivity contribution in [1.82, 2.24) is 4.31 Å². The van der Waals surface area contributed by atoms with Gasteiger partial charge in [-0.25, -0.2) is 8.42 Å². The lowest BCUT2D eigenvalue weighted by molar-refractivity contribution is 0.102. The molecule has 2 aromatic rings. The number of benzene rings is 2. The van der Waals surface area contributed by atoms with E-state index in [2.05, 4.69) is 11.4 Å². The third-order valence-electron chi connectivity index (χ3n) is 5.80. The quantitative estimate of drug-likeness (QED) is 0.849. The first-order valence-electron chi connectivity index (χ1n) is 10.00. The van der Waals surface area contributed by atoms with Gasteiger partial charge >= 0.3 is 0 Å². The van der Waals surface area contributed by atoms with Crippen molar-refractivity contribution in [2.75, 3.05) is 18.4 Å². The van der Waals surface area contributed by atoms with E-state index < -0.39 is 10.0 Å². The van der Waals surface area contributed by atoms with E-state index >= 15 is 0 Å². The molecule has 1 saturated heterocycles. The number of aryl methyl sites for hydroxylation is 2. The number of carbonyl (C=O) groups excluding carboxylic acids is 1. The predicted molar refractivity (Wildman–Crippen MR) is 110 cm³/mol. The molecule has 0 bridgehead atoms. The van der Waals surface area contributed by atoms with Gasteiger partial charge in [-0.2, -0.15) is 4.31 Å². The van der Waals surface area contributed by atoms with Crippen molar-refractivity contribution in [2.45, 2.75) is 50.3 Å². The Morgan fingerprint density at radius 2 is 1.75 bits per heavy atom. The van der Waals surface area contributed by atoms with Gasteiger partial charge in [-0.1, -0.05) is 18.2 Å². The Balaban J connectivity index is 1.63. The molecule has 1 heterocycles. The number of anilines is 1. The van der Waals surface area contributed by atoms with E-state index in [9.17, 15) is 13.2 Å². The summed E-state index contributed by atoms with van der Waals surface area (Å²) in [5, 5.41) is 3.03. The van der Waals surface area contributed by atoms with E-state index in [4.69, 9.17) is 0 Å². The molecular formula is C22H26N2O3S. The van der Waals surface area contributed by atoms with Crippen LogP contribution < -0.4 is 5.32 Å². The lowest BCUT2D eigenvalue weighted by Crippen LogP contribution is -2.28. The first kappa shape index (κ1) is 19.2. The van der Waals surface area contributed by atoms with E-state index in [1.54, 1.807) is 12.1 Å². The zero-order chi connectivity index (χ0) is 19.7. The summed E-state index contributed by atoms with van der Waals surface area (Å²) in [6.07, 6.45) is 6.09. The van der Waals surface area contributed by atoms with Crippen LogP contribution in [-0.4, -0.2) is 31.7 Å². The Bertz CT molecular complexity index is 1010. The molecular weight excluding hydrogens is 372 g/mol. The molecule has 0 saturated carbocycles. The molecule has 4 rings (SSSR count). The van der Waals surface area contributed by atoms with Crippen molar-refractivity contribution in [2.24, 2.45) is 0 Å². The fraction of sp³-hybridized carbons (Fsp3) is 0.409. The number of amides is 1. The zero-order valence-electron chi connectivity index (χ0n) is 16.2. The van der Waals surface area contributed by atoms with Gasteiger partial charge < -0.3 is 5.32 Å². The van der Waals surface area contributed by atoms with Crippen molar-refractivity contribution in [3.05, 3.63) is 58.7 Å². The highest BCUT2D eigenvalue weighted by Gasteiger charge is 2.28. The van der Waals surface area contributed by atoms with E-state index in [0.29, 0.717) is 18.7 Å². The molecule has 0 unspecified atom stereocenters. The Hall–Kier alpha value is -2.18. The predicted octanol–water partition coefficient (Wildman–Crippen LogP) is 3.91. The van der Waals surface area contributed by atoms with Gasteiger partial charge in [-0.15, -0.1) is 0 Å². The molecule has 2 aromatic carbocycles. The first-order valence-corrected chi connectivity index (χ1v) is 11.4. The first-order chi connectivity index (χ1) is 13.5. The van der Waals surface area contributed by atoms with Crippen LogP contribution in [0.1, 0.15) is 52.7 Å². The van der Waals surface area contributed by atoms with E-state index in [-0.39, 0.29) is 10.8 Å². The van der Waals surface area contributed by atoms with Crippen LogP contribution in [0.3, 0.4) is 0 Å². The Labute approximate surface area is 166 Å². The maximum atomic E-state index is 13.0. The third kappa shape index (κ3) is 3.59. The SMILES string of the molecule is Cc1ccc(S(=O)(=O)N2CCCC2)cc1C(=O)Nc1cccc2c1CCCC2. The van der Waals surface area contributed by atoms with Crippen LogP contribution in [0.25, 0.3) is 0 Å². The second kappa shape index (κ2) is 7.68. The molecule has 1 aliphatic heterocycles. The standard InChI is InChI=1S/C22H26N2O3S/c1-16-11-12-18(28(26,27)24-13-4-5-14-24)15-20(16)22(25)23-21-10-6-8-17-7-2-3-9-19(17)21/h6,8,10-12,15H,2-5,7,9,13-14H2,1H3,(H,23,25). The van der Waals surface area contributed by atoms with Gasteiger partial charge in [0, 0.05) is 24.3 Å². The van der Waals surface area contributed by atoms with Gasteiger partial charge in [0.15, 0.2) is 0 Å². The molecule has 1 fully saturated rings. The summed E-state index contributed by atoms with van der Waals surface area (Å²) in [5.41, 5.74) is 4.53. The zero-order valence-corrected chi connectivity index (χ0v) is 17.0. The van der Waals surface area contributed by atoms with Crippen molar-refractivity contribution < 1.29 is 13.2 Å². The van der Waals surface area contributed by atoms with Crippen LogP contribution in [0.2, 0.25) is 0 Å². The van der Waals surface area contributed by atoms with E-state index in [0.717, 1.165) is 43.4 Å². The third-order valence-corrected chi connectivity index (χ3v) is 7.70. The summed E-state index contributed by atoms with van der Waals surface area (Å²) in [5.74, 6) is -0.255. The van der Waals surface area contributed by atoms with Crippen LogP contribution in [0.5, 0.6) is 0 Å².